The van der Waals surface area contributed by atoms with Gasteiger partial charge in [-0.1, -0.05) is 34.5 Å². The molecule has 0 aliphatic carbocycles. The monoisotopic (exact) mass is 502 g/mol. The van der Waals surface area contributed by atoms with Crippen LogP contribution in [0.15, 0.2) is 0 Å². The predicted octanol–water partition coefficient (Wildman–Crippen LogP) is 5.15. The summed E-state index contributed by atoms with van der Waals surface area (Å²) >= 11 is 0. The highest BCUT2D eigenvalue weighted by Gasteiger charge is 2.36. The summed E-state index contributed by atoms with van der Waals surface area (Å²) in [5.74, 6) is 0. The van der Waals surface area contributed by atoms with E-state index in [1.807, 2.05) is 6.92 Å². The average Bonchev–Trinajstić information content (AvgIpc) is 2.95. The highest BCUT2D eigenvalue weighted by atomic mass is 16.5. The van der Waals surface area contributed by atoms with Crippen molar-refractivity contribution in [3.8, 4) is 0 Å². The van der Waals surface area contributed by atoms with Gasteiger partial charge in [0.1, 0.15) is 0 Å². The lowest BCUT2D eigenvalue weighted by atomic mass is 9.90. The van der Waals surface area contributed by atoms with Gasteiger partial charge in [-0.2, -0.15) is 0 Å². The maximum atomic E-state index is 7.40. The Balaban J connectivity index is 5.59. The highest BCUT2D eigenvalue weighted by Crippen LogP contribution is 2.25. The van der Waals surface area contributed by atoms with Crippen molar-refractivity contribution >= 4 is 0 Å². The summed E-state index contributed by atoms with van der Waals surface area (Å²) in [4.78, 5) is 0. The lowest BCUT2D eigenvalue weighted by Crippen LogP contribution is -2.46. The highest BCUT2D eigenvalue weighted by molar-refractivity contribution is 4.83. The minimum absolute atomic E-state index is 0.295. The van der Waals surface area contributed by atoms with Crippen LogP contribution in [-0.2, 0) is 33.2 Å². The summed E-state index contributed by atoms with van der Waals surface area (Å²) in [5, 5.41) is 0. The van der Waals surface area contributed by atoms with Crippen LogP contribution in [-0.4, -0.2) is 92.5 Å². The Bertz CT molecular complexity index is 466. The van der Waals surface area contributed by atoms with Gasteiger partial charge in [0.15, 0.2) is 0 Å². The standard InChI is InChI=1S/C27H56O7/c1-7-13-29-19-26(18-28-12-6,20-30-14-8-2)24-34-25-27(21-31-15-9-3,22-32-16-10-4)23-33-17-11-5/h7-25H2,1-6H3/i1T,2T,3T,4T,5T. The van der Waals surface area contributed by atoms with Crippen LogP contribution in [0.1, 0.15) is 80.4 Å². The van der Waals surface area contributed by atoms with Crippen LogP contribution in [0.5, 0.6) is 0 Å². The van der Waals surface area contributed by atoms with E-state index in [1.165, 1.54) is 0 Å². The van der Waals surface area contributed by atoms with Crippen LogP contribution >= 0.6 is 0 Å². The molecule has 0 radical (unpaired) electrons. The van der Waals surface area contributed by atoms with Crippen molar-refractivity contribution in [1.82, 2.24) is 0 Å². The van der Waals surface area contributed by atoms with Crippen molar-refractivity contribution in [2.24, 2.45) is 10.8 Å². The molecule has 0 aliphatic rings. The predicted molar refractivity (Wildman–Crippen MR) is 138 cm³/mol. The number of rotatable bonds is 27. The van der Waals surface area contributed by atoms with Gasteiger partial charge in [-0.3, -0.25) is 0 Å². The molecule has 0 aromatic carbocycles. The van der Waals surface area contributed by atoms with Gasteiger partial charge in [-0.25, -0.2) is 0 Å². The fraction of sp³-hybridized carbons (Fsp3) is 1.00. The van der Waals surface area contributed by atoms with Crippen LogP contribution in [0, 0.1) is 10.8 Å². The Kier molecular flexibility index (Phi) is 17.3. The summed E-state index contributed by atoms with van der Waals surface area (Å²) in [7, 11) is 0. The molecule has 0 rings (SSSR count). The van der Waals surface area contributed by atoms with Gasteiger partial charge < -0.3 is 33.2 Å². The third-order valence-electron chi connectivity index (χ3n) is 4.91. The Morgan fingerprint density at radius 2 is 0.676 bits per heavy atom. The Labute approximate surface area is 217 Å². The zero-order valence-electron chi connectivity index (χ0n) is 26.8. The molecule has 0 heterocycles. The molecule has 7 nitrogen and oxygen atoms in total. The minimum Gasteiger partial charge on any atom is -0.381 e. The zero-order valence-corrected chi connectivity index (χ0v) is 21.8. The maximum Gasteiger partial charge on any atom is 0.0637 e. The fourth-order valence-electron chi connectivity index (χ4n) is 3.26. The van der Waals surface area contributed by atoms with Crippen LogP contribution in [0.4, 0.5) is 0 Å². The quantitative estimate of drug-likeness (QED) is 0.144. The first-order valence-electron chi connectivity index (χ1n) is 16.1. The number of hydrogen-bond donors (Lipinski definition) is 0. The lowest BCUT2D eigenvalue weighted by molar-refractivity contribution is -0.142. The molecular formula is C27H56O7. The first kappa shape index (κ1) is 25.4. The molecule has 0 aliphatic heterocycles. The molecule has 0 unspecified atom stereocenters. The maximum absolute atomic E-state index is 7.40. The van der Waals surface area contributed by atoms with Gasteiger partial charge >= 0.3 is 0 Å². The van der Waals surface area contributed by atoms with Gasteiger partial charge in [0.2, 0.25) is 0 Å². The smallest absolute Gasteiger partial charge is 0.0637 e. The second kappa shape index (κ2) is 23.1. The van der Waals surface area contributed by atoms with E-state index >= 15 is 0 Å². The molecule has 0 fully saturated rings. The molecule has 0 spiro atoms. The summed E-state index contributed by atoms with van der Waals surface area (Å²) in [5.41, 5.74) is -1.16. The molecule has 0 amide bonds. The van der Waals surface area contributed by atoms with Crippen molar-refractivity contribution in [3.05, 3.63) is 0 Å². The molecule has 34 heavy (non-hydrogen) atoms. The Morgan fingerprint density at radius 1 is 0.412 bits per heavy atom. The van der Waals surface area contributed by atoms with E-state index < -0.39 is 10.8 Å². The Morgan fingerprint density at radius 3 is 0.941 bits per heavy atom. The first-order chi connectivity index (χ1) is 19.1. The lowest BCUT2D eigenvalue weighted by Gasteiger charge is -2.36. The second-order valence-electron chi connectivity index (χ2n) is 8.66. The van der Waals surface area contributed by atoms with Gasteiger partial charge in [-0.05, 0) is 39.0 Å². The van der Waals surface area contributed by atoms with E-state index in [0.29, 0.717) is 159 Å². The van der Waals surface area contributed by atoms with Crippen molar-refractivity contribution in [3.63, 3.8) is 0 Å². The van der Waals surface area contributed by atoms with Crippen molar-refractivity contribution in [2.45, 2.75) is 73.5 Å². The van der Waals surface area contributed by atoms with Crippen molar-refractivity contribution in [1.29, 1.82) is 0 Å². The van der Waals surface area contributed by atoms with E-state index in [4.69, 9.17) is 40.0 Å². The molecule has 0 aromatic heterocycles. The van der Waals surface area contributed by atoms with E-state index in [9.17, 15) is 0 Å². The SMILES string of the molecule is [3H]CCCOCC(COCC)(COCCC[3H])COCC(COCCC[3H])(COCCC[3H])COCCC[3H]. The topological polar surface area (TPSA) is 64.6 Å². The van der Waals surface area contributed by atoms with E-state index in [1.54, 1.807) is 0 Å². The molecule has 7 heteroatoms. The molecule has 206 valence electrons. The van der Waals surface area contributed by atoms with Crippen molar-refractivity contribution in [2.75, 3.05) is 92.5 Å². The molecule has 0 atom stereocenters. The average molecular weight is 503 g/mol. The number of ether oxygens (including phenoxy) is 7. The number of hydrogen-bond acceptors (Lipinski definition) is 7. The fourth-order valence-corrected chi connectivity index (χ4v) is 3.26. The summed E-state index contributed by atoms with van der Waals surface area (Å²) < 4.78 is 78.9. The molecule has 0 aromatic rings. The Hall–Kier alpha value is -0.280. The van der Waals surface area contributed by atoms with Gasteiger partial charge in [0.05, 0.1) is 63.7 Å². The van der Waals surface area contributed by atoms with Crippen molar-refractivity contribution < 1.29 is 40.0 Å². The molecular weight excluding hydrogens is 436 g/mol. The third-order valence-corrected chi connectivity index (χ3v) is 4.91. The third kappa shape index (κ3) is 16.4. The first-order valence-corrected chi connectivity index (χ1v) is 12.6. The van der Waals surface area contributed by atoms with E-state index in [0.717, 1.165) is 0 Å². The zero-order chi connectivity index (χ0) is 28.9. The summed E-state index contributed by atoms with van der Waals surface area (Å²) in [6.07, 6.45) is 3.21. The minimum atomic E-state index is -0.596. The molecule has 0 saturated carbocycles. The largest absolute Gasteiger partial charge is 0.381 e. The molecule has 0 bridgehead atoms. The van der Waals surface area contributed by atoms with Gasteiger partial charge in [0, 0.05) is 46.5 Å². The van der Waals surface area contributed by atoms with E-state index in [2.05, 4.69) is 0 Å². The second-order valence-corrected chi connectivity index (χ2v) is 8.66. The normalized spacial score (nSPS) is 14.4. The van der Waals surface area contributed by atoms with Crippen LogP contribution < -0.4 is 0 Å². The van der Waals surface area contributed by atoms with Gasteiger partial charge in [0.25, 0.3) is 0 Å². The van der Waals surface area contributed by atoms with Crippen LogP contribution in [0.2, 0.25) is 0 Å². The van der Waals surface area contributed by atoms with E-state index in [-0.39, 0.29) is 0 Å². The van der Waals surface area contributed by atoms with Crippen LogP contribution in [0.25, 0.3) is 0 Å². The summed E-state index contributed by atoms with van der Waals surface area (Å²) in [6.45, 7) is 9.06. The van der Waals surface area contributed by atoms with Crippen LogP contribution in [0.3, 0.4) is 0 Å². The molecule has 0 saturated heterocycles. The van der Waals surface area contributed by atoms with Gasteiger partial charge in [-0.15, -0.1) is 0 Å². The summed E-state index contributed by atoms with van der Waals surface area (Å²) in [6, 6.07) is 0. The molecule has 0 N–H and O–H groups in total.